The molecule has 3 aromatic rings. The van der Waals surface area contributed by atoms with Gasteiger partial charge in [-0.05, 0) is 50.1 Å². The van der Waals surface area contributed by atoms with Crippen molar-refractivity contribution in [2.75, 3.05) is 17.2 Å². The summed E-state index contributed by atoms with van der Waals surface area (Å²) in [5.74, 6) is -3.26. The van der Waals surface area contributed by atoms with Crippen LogP contribution in [0.4, 0.5) is 24.7 Å². The van der Waals surface area contributed by atoms with Crippen molar-refractivity contribution < 1.29 is 27.5 Å². The van der Waals surface area contributed by atoms with Crippen molar-refractivity contribution in [3.8, 4) is 0 Å². The Labute approximate surface area is 203 Å². The summed E-state index contributed by atoms with van der Waals surface area (Å²) in [5, 5.41) is 3.51. The Balaban J connectivity index is 1.44. The molecule has 2 aromatic heterocycles. The Morgan fingerprint density at radius 1 is 1.17 bits per heavy atom. The molecule has 2 saturated heterocycles. The van der Waals surface area contributed by atoms with Gasteiger partial charge in [0.1, 0.15) is 5.60 Å². The number of alkyl halides is 3. The molecule has 1 amide bonds. The summed E-state index contributed by atoms with van der Waals surface area (Å²) in [6, 6.07) is 6.65. The molecule has 2 fully saturated rings. The van der Waals surface area contributed by atoms with Crippen LogP contribution in [0.25, 0.3) is 11.0 Å². The van der Waals surface area contributed by atoms with Gasteiger partial charge < -0.3 is 15.4 Å². The van der Waals surface area contributed by atoms with Crippen LogP contribution in [-0.2, 0) is 15.7 Å². The lowest BCUT2D eigenvalue weighted by Gasteiger charge is -2.23. The Bertz CT molecular complexity index is 1490. The number of nitrogen functional groups attached to an aromatic ring is 1. The molecule has 1 aromatic carbocycles. The molecular weight excluding hydrogens is 475 g/mol. The monoisotopic (exact) mass is 497 g/mol. The number of pyridine rings is 1. The summed E-state index contributed by atoms with van der Waals surface area (Å²) in [6.45, 7) is 5.49. The van der Waals surface area contributed by atoms with E-state index in [1.165, 1.54) is 6.92 Å². The number of aryl methyl sites for hydroxylation is 3. The first kappa shape index (κ1) is 22.7. The van der Waals surface area contributed by atoms with Gasteiger partial charge in [0, 0.05) is 11.4 Å². The van der Waals surface area contributed by atoms with E-state index in [1.807, 2.05) is 38.1 Å². The van der Waals surface area contributed by atoms with Crippen LogP contribution in [0.5, 0.6) is 0 Å². The normalized spacial score (nSPS) is 26.9. The van der Waals surface area contributed by atoms with Gasteiger partial charge in [0.05, 0.1) is 35.4 Å². The van der Waals surface area contributed by atoms with E-state index in [1.54, 1.807) is 11.0 Å². The summed E-state index contributed by atoms with van der Waals surface area (Å²) in [4.78, 5) is 33.3. The van der Waals surface area contributed by atoms with Crippen molar-refractivity contribution in [3.05, 3.63) is 58.8 Å². The second kappa shape index (κ2) is 7.16. The van der Waals surface area contributed by atoms with E-state index in [0.29, 0.717) is 5.69 Å². The number of carbonyl (C=O) groups excluding carboxylic acids is 2. The second-order valence-electron chi connectivity index (χ2n) is 9.81. The summed E-state index contributed by atoms with van der Waals surface area (Å²) in [7, 11) is 0. The van der Waals surface area contributed by atoms with E-state index in [2.05, 4.69) is 10.1 Å². The smallest absolute Gasteiger partial charge is 0.382 e. The molecule has 2 N–H and O–H groups in total. The number of halogens is 3. The Morgan fingerprint density at radius 2 is 1.86 bits per heavy atom. The number of hydrogen-bond acceptors (Lipinski definition) is 6. The van der Waals surface area contributed by atoms with Gasteiger partial charge in [-0.25, -0.2) is 4.98 Å². The second-order valence-corrected chi connectivity index (χ2v) is 9.81. The molecule has 0 radical (unpaired) electrons. The zero-order valence-electron chi connectivity index (χ0n) is 19.6. The van der Waals surface area contributed by atoms with Crippen molar-refractivity contribution in [2.45, 2.75) is 38.7 Å². The molecule has 5 heterocycles. The van der Waals surface area contributed by atoms with Gasteiger partial charge in [-0.15, -0.1) is 5.10 Å². The average Bonchev–Trinajstić information content (AvgIpc) is 3.50. The predicted molar refractivity (Wildman–Crippen MR) is 124 cm³/mol. The number of ether oxygens (including phenoxy) is 1. The first-order valence-electron chi connectivity index (χ1n) is 11.4. The molecule has 6 rings (SSSR count). The van der Waals surface area contributed by atoms with Gasteiger partial charge in [0.25, 0.3) is 5.91 Å². The predicted octanol–water partition coefficient (Wildman–Crippen LogP) is 3.58. The van der Waals surface area contributed by atoms with Crippen LogP contribution in [0.2, 0.25) is 0 Å². The van der Waals surface area contributed by atoms with Crippen LogP contribution in [0.3, 0.4) is 0 Å². The summed E-state index contributed by atoms with van der Waals surface area (Å²) in [6.07, 6.45) is -1.88. The van der Waals surface area contributed by atoms with Crippen molar-refractivity contribution >= 4 is 34.4 Å². The molecule has 2 bridgehead atoms. The number of benzene rings is 1. The number of fused-ring (bicyclic) bond motifs is 2. The number of anilines is 2. The molecule has 0 saturated carbocycles. The van der Waals surface area contributed by atoms with E-state index in [9.17, 15) is 22.8 Å². The van der Waals surface area contributed by atoms with Crippen LogP contribution < -0.4 is 10.6 Å². The van der Waals surface area contributed by atoms with E-state index in [4.69, 9.17) is 10.5 Å². The van der Waals surface area contributed by atoms with Gasteiger partial charge in [-0.3, -0.25) is 9.59 Å². The fraction of sp³-hybridized carbons (Fsp3) is 0.360. The number of carbonyl (C=O) groups is 2. The highest BCUT2D eigenvalue weighted by Crippen LogP contribution is 2.53. The summed E-state index contributed by atoms with van der Waals surface area (Å²) in [5.41, 5.74) is 6.28. The van der Waals surface area contributed by atoms with Crippen molar-refractivity contribution in [1.29, 1.82) is 0 Å². The topological polar surface area (TPSA) is 103 Å². The van der Waals surface area contributed by atoms with Crippen molar-refractivity contribution in [2.24, 2.45) is 11.8 Å². The minimum absolute atomic E-state index is 0.0577. The standard InChI is InChI=1S/C25H22F3N5O3/c1-11-6-12(2)8-14(7-11)32-10-24-5-4-16(36-24)18(19(24)23(32)35)22(34)33-21-17(20(29)31-33)15(25(26,27)28)9-13(3)30-21/h4-9,16,18-19H,10H2,1-3H3,(H2,29,31). The zero-order valence-corrected chi connectivity index (χ0v) is 19.6. The van der Waals surface area contributed by atoms with Crippen LogP contribution >= 0.6 is 0 Å². The third-order valence-corrected chi connectivity index (χ3v) is 7.21. The summed E-state index contributed by atoms with van der Waals surface area (Å²) < 4.78 is 48.1. The van der Waals surface area contributed by atoms with Crippen LogP contribution in [-0.4, -0.2) is 44.8 Å². The lowest BCUT2D eigenvalue weighted by molar-refractivity contribution is -0.136. The average molecular weight is 497 g/mol. The van der Waals surface area contributed by atoms with E-state index in [0.717, 1.165) is 21.9 Å². The van der Waals surface area contributed by atoms with E-state index in [-0.39, 0.29) is 23.8 Å². The molecule has 4 unspecified atom stereocenters. The molecule has 11 heteroatoms. The van der Waals surface area contributed by atoms with Gasteiger partial charge in [0.15, 0.2) is 11.5 Å². The fourth-order valence-corrected chi connectivity index (χ4v) is 5.89. The molecule has 4 atom stereocenters. The highest BCUT2D eigenvalue weighted by atomic mass is 19.4. The quantitative estimate of drug-likeness (QED) is 0.543. The molecule has 186 valence electrons. The Morgan fingerprint density at radius 3 is 2.53 bits per heavy atom. The molecule has 36 heavy (non-hydrogen) atoms. The van der Waals surface area contributed by atoms with Crippen molar-refractivity contribution in [1.82, 2.24) is 14.8 Å². The number of rotatable bonds is 2. The lowest BCUT2D eigenvalue weighted by Crippen LogP contribution is -2.41. The maximum absolute atomic E-state index is 13.8. The van der Waals surface area contributed by atoms with Crippen molar-refractivity contribution in [3.63, 3.8) is 0 Å². The number of nitrogens with two attached hydrogens (primary N) is 1. The lowest BCUT2D eigenvalue weighted by atomic mass is 9.77. The maximum Gasteiger partial charge on any atom is 0.417 e. The number of hydrogen-bond donors (Lipinski definition) is 1. The van der Waals surface area contributed by atoms with Gasteiger partial charge in [0.2, 0.25) is 5.91 Å². The molecular formula is C25H22F3N5O3. The van der Waals surface area contributed by atoms with Gasteiger partial charge in [-0.1, -0.05) is 18.2 Å². The third kappa shape index (κ3) is 3.05. The van der Waals surface area contributed by atoms with Gasteiger partial charge in [-0.2, -0.15) is 17.9 Å². The van der Waals surface area contributed by atoms with Crippen LogP contribution in [0.1, 0.15) is 27.2 Å². The number of amides is 1. The van der Waals surface area contributed by atoms with Crippen LogP contribution in [0, 0.1) is 32.6 Å². The van der Waals surface area contributed by atoms with E-state index >= 15 is 0 Å². The highest BCUT2D eigenvalue weighted by molar-refractivity contribution is 6.05. The molecule has 3 aliphatic rings. The number of nitrogens with zero attached hydrogens (tertiary/aromatic N) is 4. The largest absolute Gasteiger partial charge is 0.417 e. The molecule has 3 aliphatic heterocycles. The minimum atomic E-state index is -4.72. The SMILES string of the molecule is Cc1cc(C)cc(N2CC34C=CC(O3)C(C(=O)n3nc(N)c5c(C(F)(F)F)cc(C)nc53)C4C2=O)c1. The van der Waals surface area contributed by atoms with E-state index < -0.39 is 52.4 Å². The Kier molecular flexibility index (Phi) is 4.52. The van der Waals surface area contributed by atoms with Crippen LogP contribution in [0.15, 0.2) is 36.4 Å². The zero-order chi connectivity index (χ0) is 25.7. The highest BCUT2D eigenvalue weighted by Gasteiger charge is 2.67. The summed E-state index contributed by atoms with van der Waals surface area (Å²) >= 11 is 0. The molecule has 1 spiro atoms. The Hall–Kier alpha value is -3.73. The maximum atomic E-state index is 13.8. The first-order chi connectivity index (χ1) is 16.9. The first-order valence-corrected chi connectivity index (χ1v) is 11.4. The fourth-order valence-electron chi connectivity index (χ4n) is 5.89. The third-order valence-electron chi connectivity index (χ3n) is 7.21. The minimum Gasteiger partial charge on any atom is -0.382 e. The molecule has 8 nitrogen and oxygen atoms in total. The molecule has 0 aliphatic carbocycles. The van der Waals surface area contributed by atoms with Gasteiger partial charge >= 0.3 is 6.18 Å². The number of aromatic nitrogens is 3.